The minimum atomic E-state index is -0.891. The van der Waals surface area contributed by atoms with Gasteiger partial charge in [0.1, 0.15) is 0 Å². The van der Waals surface area contributed by atoms with Crippen LogP contribution in [-0.4, -0.2) is 40.2 Å². The Labute approximate surface area is 138 Å². The Morgan fingerprint density at radius 2 is 1.48 bits per heavy atom. The predicted molar refractivity (Wildman–Crippen MR) is 89.3 cm³/mol. The average molecular weight is 334 g/mol. The zero-order valence-corrected chi connectivity index (χ0v) is 14.4. The Morgan fingerprint density at radius 1 is 0.957 bits per heavy atom. The standard InChI is InChI=1S/C8H14O2.C4H8O2.C4H6O2.H2O/c1-3-5-7-10-8(9)6-4-2;2*1-2-3-4(5)6;/h4,6H,3,5,7H2,1-2H3;2-3H2,1H3,(H,5,6);2-3H,1H3,(H,5,6);1H2/b6-4+;;3-2+;. The van der Waals surface area contributed by atoms with E-state index in [0.29, 0.717) is 13.0 Å². The number of carbonyl (C=O) groups is 3. The predicted octanol–water partition coefficient (Wildman–Crippen LogP) is 2.60. The lowest BCUT2D eigenvalue weighted by Gasteiger charge is -1.97. The Hall–Kier alpha value is -2.15. The highest BCUT2D eigenvalue weighted by Gasteiger charge is 1.92. The van der Waals surface area contributed by atoms with Crippen LogP contribution in [0.2, 0.25) is 0 Å². The number of aliphatic carboxylic acids is 2. The van der Waals surface area contributed by atoms with Crippen molar-refractivity contribution >= 4 is 17.9 Å². The highest BCUT2D eigenvalue weighted by molar-refractivity contribution is 5.81. The summed E-state index contributed by atoms with van der Waals surface area (Å²) in [6.07, 6.45) is 8.69. The van der Waals surface area contributed by atoms with Crippen LogP contribution in [0.25, 0.3) is 0 Å². The van der Waals surface area contributed by atoms with Crippen LogP contribution in [0.4, 0.5) is 0 Å². The van der Waals surface area contributed by atoms with Gasteiger partial charge >= 0.3 is 17.9 Å². The molecule has 7 nitrogen and oxygen atoms in total. The molecule has 0 heterocycles. The lowest BCUT2D eigenvalue weighted by atomic mass is 10.4. The van der Waals surface area contributed by atoms with Gasteiger partial charge in [-0.05, 0) is 26.7 Å². The van der Waals surface area contributed by atoms with Gasteiger partial charge in [-0.2, -0.15) is 0 Å². The fourth-order valence-electron chi connectivity index (χ4n) is 0.858. The van der Waals surface area contributed by atoms with E-state index in [0.717, 1.165) is 25.3 Å². The van der Waals surface area contributed by atoms with E-state index in [1.807, 2.05) is 6.92 Å². The monoisotopic (exact) mass is 334 g/mol. The molecule has 23 heavy (non-hydrogen) atoms. The van der Waals surface area contributed by atoms with Crippen molar-refractivity contribution in [1.82, 2.24) is 0 Å². The molecule has 0 bridgehead atoms. The lowest BCUT2D eigenvalue weighted by molar-refractivity contribution is -0.138. The van der Waals surface area contributed by atoms with Gasteiger partial charge in [-0.15, -0.1) is 0 Å². The van der Waals surface area contributed by atoms with Crippen LogP contribution in [0.1, 0.15) is 53.4 Å². The first-order valence-electron chi connectivity index (χ1n) is 7.22. The van der Waals surface area contributed by atoms with Crippen LogP contribution in [0.5, 0.6) is 0 Å². The van der Waals surface area contributed by atoms with E-state index in [4.69, 9.17) is 14.9 Å². The molecular weight excluding hydrogens is 304 g/mol. The van der Waals surface area contributed by atoms with Crippen molar-refractivity contribution in [2.75, 3.05) is 6.61 Å². The van der Waals surface area contributed by atoms with Crippen LogP contribution in [0, 0.1) is 0 Å². The molecule has 0 unspecified atom stereocenters. The van der Waals surface area contributed by atoms with Crippen molar-refractivity contribution in [3.8, 4) is 0 Å². The van der Waals surface area contributed by atoms with Gasteiger partial charge in [0.05, 0.1) is 6.61 Å². The summed E-state index contributed by atoms with van der Waals surface area (Å²) in [5, 5.41) is 15.7. The van der Waals surface area contributed by atoms with Gasteiger partial charge in [0.15, 0.2) is 0 Å². The Kier molecular flexibility index (Phi) is 31.3. The second kappa shape index (κ2) is 24.8. The number of carboxylic acid groups (broad SMARTS) is 2. The van der Waals surface area contributed by atoms with Crippen molar-refractivity contribution in [3.05, 3.63) is 24.3 Å². The summed E-state index contributed by atoms with van der Waals surface area (Å²) in [6, 6.07) is 0. The summed E-state index contributed by atoms with van der Waals surface area (Å²) in [5.74, 6) is -1.84. The third-order valence-corrected chi connectivity index (χ3v) is 1.82. The van der Waals surface area contributed by atoms with Crippen molar-refractivity contribution in [2.24, 2.45) is 0 Å². The zero-order valence-electron chi connectivity index (χ0n) is 14.4. The number of rotatable bonds is 7. The molecule has 7 heteroatoms. The summed E-state index contributed by atoms with van der Waals surface area (Å²) in [5.41, 5.74) is 0. The highest BCUT2D eigenvalue weighted by atomic mass is 16.5. The van der Waals surface area contributed by atoms with Crippen molar-refractivity contribution in [2.45, 2.75) is 53.4 Å². The van der Waals surface area contributed by atoms with Gasteiger partial charge < -0.3 is 20.4 Å². The maximum absolute atomic E-state index is 10.6. The molecule has 0 aromatic carbocycles. The number of hydrogen-bond donors (Lipinski definition) is 2. The molecule has 136 valence electrons. The third-order valence-electron chi connectivity index (χ3n) is 1.82. The number of esters is 1. The summed E-state index contributed by atoms with van der Waals surface area (Å²) in [7, 11) is 0. The fraction of sp³-hybridized carbons (Fsp3) is 0.562. The first kappa shape index (κ1) is 28.9. The second-order valence-corrected chi connectivity index (χ2v) is 4.00. The lowest BCUT2D eigenvalue weighted by Crippen LogP contribution is -2.01. The van der Waals surface area contributed by atoms with Gasteiger partial charge in [0, 0.05) is 18.6 Å². The Morgan fingerprint density at radius 3 is 1.70 bits per heavy atom. The van der Waals surface area contributed by atoms with Crippen LogP contribution in [-0.2, 0) is 19.1 Å². The molecule has 0 radical (unpaired) electrons. The number of unbranched alkanes of at least 4 members (excludes halogenated alkanes) is 1. The topological polar surface area (TPSA) is 132 Å². The molecule has 0 aromatic heterocycles. The van der Waals surface area contributed by atoms with E-state index in [1.54, 1.807) is 19.9 Å². The van der Waals surface area contributed by atoms with E-state index in [2.05, 4.69) is 6.92 Å². The molecule has 0 spiro atoms. The van der Waals surface area contributed by atoms with E-state index in [-0.39, 0.29) is 11.4 Å². The van der Waals surface area contributed by atoms with Gasteiger partial charge in [-0.1, -0.05) is 32.4 Å². The van der Waals surface area contributed by atoms with E-state index in [9.17, 15) is 14.4 Å². The molecule has 0 saturated carbocycles. The second-order valence-electron chi connectivity index (χ2n) is 4.00. The van der Waals surface area contributed by atoms with Crippen LogP contribution in [0.15, 0.2) is 24.3 Å². The van der Waals surface area contributed by atoms with Gasteiger partial charge in [0.2, 0.25) is 0 Å². The first-order valence-corrected chi connectivity index (χ1v) is 7.22. The highest BCUT2D eigenvalue weighted by Crippen LogP contribution is 1.89. The molecular formula is C16H30O7. The van der Waals surface area contributed by atoms with Crippen LogP contribution in [0.3, 0.4) is 0 Å². The largest absolute Gasteiger partial charge is 0.481 e. The maximum atomic E-state index is 10.6. The Balaban J connectivity index is -0.000000122. The molecule has 0 aliphatic heterocycles. The number of allylic oxidation sites excluding steroid dienone is 2. The quantitative estimate of drug-likeness (QED) is 0.418. The molecule has 0 aliphatic carbocycles. The number of ether oxygens (including phenoxy) is 1. The van der Waals surface area contributed by atoms with Crippen molar-refractivity contribution in [3.63, 3.8) is 0 Å². The summed E-state index contributed by atoms with van der Waals surface area (Å²) >= 11 is 0. The molecule has 0 amide bonds. The minimum Gasteiger partial charge on any atom is -0.481 e. The maximum Gasteiger partial charge on any atom is 0.330 e. The SMILES string of the molecule is C/C=C/C(=O)O.C/C=C/C(=O)OCCCC.CCCC(=O)O.O. The number of carboxylic acids is 2. The summed E-state index contributed by atoms with van der Waals surface area (Å²) < 4.78 is 4.80. The molecule has 0 aliphatic rings. The summed E-state index contributed by atoms with van der Waals surface area (Å²) in [6.45, 7) is 7.90. The van der Waals surface area contributed by atoms with Crippen molar-refractivity contribution in [1.29, 1.82) is 0 Å². The normalized spacial score (nSPS) is 9.04. The molecule has 0 aromatic rings. The molecule has 0 rings (SSSR count). The van der Waals surface area contributed by atoms with Gasteiger partial charge in [-0.25, -0.2) is 9.59 Å². The van der Waals surface area contributed by atoms with Gasteiger partial charge in [0.25, 0.3) is 0 Å². The molecule has 4 N–H and O–H groups in total. The van der Waals surface area contributed by atoms with Crippen LogP contribution < -0.4 is 0 Å². The first-order chi connectivity index (χ1) is 10.3. The van der Waals surface area contributed by atoms with E-state index < -0.39 is 11.9 Å². The molecule has 0 atom stereocenters. The van der Waals surface area contributed by atoms with Gasteiger partial charge in [-0.3, -0.25) is 4.79 Å². The van der Waals surface area contributed by atoms with E-state index >= 15 is 0 Å². The Bertz CT molecular complexity index is 346. The smallest absolute Gasteiger partial charge is 0.330 e. The average Bonchev–Trinajstić information content (AvgIpc) is 2.40. The van der Waals surface area contributed by atoms with Crippen molar-refractivity contribution < 1.29 is 34.8 Å². The molecule has 0 saturated heterocycles. The van der Waals surface area contributed by atoms with E-state index in [1.165, 1.54) is 12.2 Å². The van der Waals surface area contributed by atoms with Crippen LogP contribution >= 0.6 is 0 Å². The zero-order chi connectivity index (χ0) is 17.8. The fourth-order valence-corrected chi connectivity index (χ4v) is 0.858. The minimum absolute atomic E-state index is 0. The molecule has 0 fully saturated rings. The summed E-state index contributed by atoms with van der Waals surface area (Å²) in [4.78, 5) is 29.7. The third kappa shape index (κ3) is 45.0. The number of carbonyl (C=O) groups excluding carboxylic acids is 1. The number of hydrogen-bond acceptors (Lipinski definition) is 4.